The minimum atomic E-state index is 0.572. The SMILES string of the molecule is c1ccc(-c2nc(-c3ccccc3)nc(-n3c4ccccc4c4cc(-c5ccc6c(c5)c5ccccc5n6-c5cncc(-c6ccc7c(c6)c6ncccc6n7-c6ccccc6)c5)ccc43)n2)cc1. The smallest absolute Gasteiger partial charge is 0.238 e. The molecule has 6 heterocycles. The predicted molar refractivity (Wildman–Crippen MR) is 280 cm³/mol. The Bertz CT molecular complexity index is 4250. The zero-order valence-electron chi connectivity index (χ0n) is 37.0. The average molecular weight is 883 g/mol. The normalized spacial score (nSPS) is 11.8. The van der Waals surface area contributed by atoms with E-state index in [9.17, 15) is 0 Å². The lowest BCUT2D eigenvalue weighted by Crippen LogP contribution is -2.06. The summed E-state index contributed by atoms with van der Waals surface area (Å²) < 4.78 is 6.80. The summed E-state index contributed by atoms with van der Waals surface area (Å²) in [4.78, 5) is 24.9. The van der Waals surface area contributed by atoms with Crippen LogP contribution in [0.25, 0.3) is 128 Å². The van der Waals surface area contributed by atoms with E-state index in [0.29, 0.717) is 17.6 Å². The molecule has 0 aliphatic heterocycles. The Morgan fingerprint density at radius 1 is 0.290 bits per heavy atom. The molecule has 0 unspecified atom stereocenters. The summed E-state index contributed by atoms with van der Waals surface area (Å²) in [7, 11) is 0. The minimum Gasteiger partial charge on any atom is -0.308 e. The van der Waals surface area contributed by atoms with Crippen LogP contribution in [-0.2, 0) is 0 Å². The highest BCUT2D eigenvalue weighted by molar-refractivity contribution is 6.13. The molecule has 6 aromatic heterocycles. The third-order valence-corrected chi connectivity index (χ3v) is 13.4. The lowest BCUT2D eigenvalue weighted by atomic mass is 10.0. The van der Waals surface area contributed by atoms with Crippen LogP contribution in [0, 0.1) is 0 Å². The molecule has 0 fully saturated rings. The molecular formula is C61H38N8. The molecule has 0 bridgehead atoms. The summed E-state index contributed by atoms with van der Waals surface area (Å²) in [6.07, 6.45) is 5.80. The van der Waals surface area contributed by atoms with Crippen molar-refractivity contribution in [3.63, 3.8) is 0 Å². The Labute approximate surface area is 395 Å². The summed E-state index contributed by atoms with van der Waals surface area (Å²) in [5.74, 6) is 1.82. The summed E-state index contributed by atoms with van der Waals surface area (Å²) in [5, 5.41) is 5.69. The standard InChI is InChI=1S/C61H38N8/c1-4-15-39(16-5-1)59-64-60(40-17-6-2-7-18-40)66-61(65-59)69-53-24-13-11-22-48(53)50-35-42(27-30-55(50)69)41-26-29-54-49(34-41)47-21-10-12-23-52(47)68(54)46-33-44(37-62-38-46)43-28-31-56-51(36-43)58-57(25-14-32-63-58)67(56)45-19-8-3-9-20-45/h1-38H. The van der Waals surface area contributed by atoms with Crippen molar-refractivity contribution in [2.45, 2.75) is 0 Å². The van der Waals surface area contributed by atoms with Gasteiger partial charge in [-0.3, -0.25) is 14.5 Å². The van der Waals surface area contributed by atoms with Crippen LogP contribution in [0.5, 0.6) is 0 Å². The molecule has 0 amide bonds. The topological polar surface area (TPSA) is 79.2 Å². The van der Waals surface area contributed by atoms with Crippen LogP contribution in [0.1, 0.15) is 0 Å². The monoisotopic (exact) mass is 882 g/mol. The van der Waals surface area contributed by atoms with E-state index in [1.54, 1.807) is 0 Å². The first kappa shape index (κ1) is 38.7. The van der Waals surface area contributed by atoms with Crippen LogP contribution in [0.2, 0.25) is 0 Å². The number of pyridine rings is 2. The van der Waals surface area contributed by atoms with E-state index in [4.69, 9.17) is 24.9 Å². The number of para-hydroxylation sites is 3. The Morgan fingerprint density at radius 3 is 1.41 bits per heavy atom. The molecule has 0 radical (unpaired) electrons. The highest BCUT2D eigenvalue weighted by atomic mass is 15.2. The van der Waals surface area contributed by atoms with Gasteiger partial charge in [0.05, 0.1) is 50.5 Å². The lowest BCUT2D eigenvalue weighted by molar-refractivity contribution is 0.953. The van der Waals surface area contributed by atoms with Crippen molar-refractivity contribution in [1.82, 2.24) is 38.6 Å². The lowest BCUT2D eigenvalue weighted by Gasteiger charge is -2.11. The number of hydrogen-bond donors (Lipinski definition) is 0. The molecule has 0 aliphatic rings. The van der Waals surface area contributed by atoms with Gasteiger partial charge in [-0.2, -0.15) is 9.97 Å². The molecule has 0 saturated heterocycles. The highest BCUT2D eigenvalue weighted by Crippen LogP contribution is 2.40. The molecule has 14 aromatic rings. The minimum absolute atomic E-state index is 0.572. The average Bonchev–Trinajstić information content (AvgIpc) is 4.06. The van der Waals surface area contributed by atoms with Gasteiger partial charge in [0.15, 0.2) is 11.6 Å². The maximum Gasteiger partial charge on any atom is 0.238 e. The summed E-state index contributed by atoms with van der Waals surface area (Å²) in [6.45, 7) is 0. The van der Waals surface area contributed by atoms with E-state index < -0.39 is 0 Å². The zero-order chi connectivity index (χ0) is 45.4. The van der Waals surface area contributed by atoms with E-state index in [2.05, 4.69) is 153 Å². The zero-order valence-corrected chi connectivity index (χ0v) is 37.0. The van der Waals surface area contributed by atoms with Crippen molar-refractivity contribution < 1.29 is 0 Å². The summed E-state index contributed by atoms with van der Waals surface area (Å²) in [6, 6.07) is 74.5. The van der Waals surface area contributed by atoms with Gasteiger partial charge in [0.25, 0.3) is 0 Å². The molecule has 8 aromatic carbocycles. The first-order valence-corrected chi connectivity index (χ1v) is 23.1. The second-order valence-electron chi connectivity index (χ2n) is 17.4. The van der Waals surface area contributed by atoms with E-state index in [0.717, 1.165) is 99.5 Å². The first-order valence-electron chi connectivity index (χ1n) is 23.1. The second kappa shape index (κ2) is 15.5. The molecule has 8 heteroatoms. The van der Waals surface area contributed by atoms with E-state index in [-0.39, 0.29) is 0 Å². The Kier molecular flexibility index (Phi) is 8.72. The van der Waals surface area contributed by atoms with Gasteiger partial charge in [0.2, 0.25) is 5.95 Å². The van der Waals surface area contributed by atoms with Crippen molar-refractivity contribution in [2.75, 3.05) is 0 Å². The third kappa shape index (κ3) is 6.27. The summed E-state index contributed by atoms with van der Waals surface area (Å²) >= 11 is 0. The van der Waals surface area contributed by atoms with E-state index in [1.807, 2.05) is 91.4 Å². The molecule has 0 saturated carbocycles. The van der Waals surface area contributed by atoms with Gasteiger partial charge in [0.1, 0.15) is 0 Å². The Morgan fingerprint density at radius 2 is 0.768 bits per heavy atom. The number of aromatic nitrogens is 8. The fraction of sp³-hybridized carbons (Fsp3) is 0. The van der Waals surface area contributed by atoms with Gasteiger partial charge in [-0.1, -0.05) is 133 Å². The van der Waals surface area contributed by atoms with E-state index >= 15 is 0 Å². The van der Waals surface area contributed by atoms with Crippen molar-refractivity contribution in [3.05, 3.63) is 231 Å². The first-order chi connectivity index (χ1) is 34.2. The molecule has 69 heavy (non-hydrogen) atoms. The fourth-order valence-corrected chi connectivity index (χ4v) is 10.3. The number of rotatable bonds is 7. The molecule has 14 rings (SSSR count). The van der Waals surface area contributed by atoms with Gasteiger partial charge in [0, 0.05) is 61.7 Å². The molecule has 8 nitrogen and oxygen atoms in total. The van der Waals surface area contributed by atoms with Gasteiger partial charge < -0.3 is 9.13 Å². The molecule has 322 valence electrons. The van der Waals surface area contributed by atoms with Crippen LogP contribution in [-0.4, -0.2) is 38.6 Å². The molecular weight excluding hydrogens is 845 g/mol. The van der Waals surface area contributed by atoms with Crippen molar-refractivity contribution in [2.24, 2.45) is 0 Å². The van der Waals surface area contributed by atoms with Crippen LogP contribution in [0.15, 0.2) is 231 Å². The van der Waals surface area contributed by atoms with Crippen LogP contribution >= 0.6 is 0 Å². The molecule has 0 atom stereocenters. The number of benzene rings is 8. The van der Waals surface area contributed by atoms with Gasteiger partial charge in [-0.25, -0.2) is 4.98 Å². The Hall–Kier alpha value is -9.53. The Balaban J connectivity index is 0.881. The maximum absolute atomic E-state index is 5.13. The van der Waals surface area contributed by atoms with Crippen molar-refractivity contribution >= 4 is 65.5 Å². The maximum atomic E-state index is 5.13. The number of fused-ring (bicyclic) bond motifs is 9. The third-order valence-electron chi connectivity index (χ3n) is 13.4. The summed E-state index contributed by atoms with van der Waals surface area (Å²) in [5.41, 5.74) is 15.8. The van der Waals surface area contributed by atoms with Crippen molar-refractivity contribution in [1.29, 1.82) is 0 Å². The van der Waals surface area contributed by atoms with Crippen LogP contribution in [0.4, 0.5) is 0 Å². The second-order valence-corrected chi connectivity index (χ2v) is 17.4. The predicted octanol–water partition coefficient (Wildman–Crippen LogP) is 14.6. The van der Waals surface area contributed by atoms with Crippen molar-refractivity contribution in [3.8, 4) is 62.4 Å². The molecule has 0 spiro atoms. The molecule has 0 N–H and O–H groups in total. The molecule has 0 aliphatic carbocycles. The number of hydrogen-bond acceptors (Lipinski definition) is 5. The van der Waals surface area contributed by atoms with Gasteiger partial charge >= 0.3 is 0 Å². The van der Waals surface area contributed by atoms with Crippen LogP contribution in [0.3, 0.4) is 0 Å². The highest BCUT2D eigenvalue weighted by Gasteiger charge is 2.20. The quantitative estimate of drug-likeness (QED) is 0.159. The van der Waals surface area contributed by atoms with Gasteiger partial charge in [-0.15, -0.1) is 0 Å². The fourth-order valence-electron chi connectivity index (χ4n) is 10.3. The van der Waals surface area contributed by atoms with E-state index in [1.165, 1.54) is 10.8 Å². The van der Waals surface area contributed by atoms with Gasteiger partial charge in [-0.05, 0) is 95.6 Å². The number of nitrogens with zero attached hydrogens (tertiary/aromatic N) is 8. The largest absolute Gasteiger partial charge is 0.308 e. The van der Waals surface area contributed by atoms with Crippen LogP contribution < -0.4 is 0 Å².